The fourth-order valence-electron chi connectivity index (χ4n) is 3.41. The number of carbonyl (C=O) groups excluding carboxylic acids is 2. The van der Waals surface area contributed by atoms with Crippen LogP contribution in [0.5, 0.6) is 0 Å². The summed E-state index contributed by atoms with van der Waals surface area (Å²) < 4.78 is 0. The Morgan fingerprint density at radius 2 is 1.93 bits per heavy atom. The van der Waals surface area contributed by atoms with Crippen molar-refractivity contribution in [2.45, 2.75) is 45.6 Å². The van der Waals surface area contributed by atoms with Crippen LogP contribution in [0.15, 0.2) is 29.3 Å². The summed E-state index contributed by atoms with van der Waals surface area (Å²) >= 11 is 0. The lowest BCUT2D eigenvalue weighted by molar-refractivity contribution is -0.129. The van der Waals surface area contributed by atoms with Crippen molar-refractivity contribution in [2.75, 3.05) is 31.5 Å². The number of nitrogens with zero attached hydrogens (tertiary/aromatic N) is 2. The highest BCUT2D eigenvalue weighted by atomic mass is 16.2. The van der Waals surface area contributed by atoms with E-state index in [1.807, 2.05) is 36.1 Å². The van der Waals surface area contributed by atoms with Crippen molar-refractivity contribution in [1.82, 2.24) is 15.5 Å². The topological polar surface area (TPSA) is 85.8 Å². The molecule has 3 rings (SSSR count). The highest BCUT2D eigenvalue weighted by Crippen LogP contribution is 2.27. The Hall–Kier alpha value is -2.57. The molecule has 3 N–H and O–H groups in total. The third-order valence-electron chi connectivity index (χ3n) is 5.30. The maximum absolute atomic E-state index is 12.2. The third-order valence-corrected chi connectivity index (χ3v) is 5.30. The van der Waals surface area contributed by atoms with Gasteiger partial charge in [-0.1, -0.05) is 18.6 Å². The van der Waals surface area contributed by atoms with Crippen LogP contribution >= 0.6 is 0 Å². The predicted molar refractivity (Wildman–Crippen MR) is 111 cm³/mol. The molecule has 0 aromatic heterocycles. The molecule has 1 aromatic carbocycles. The van der Waals surface area contributed by atoms with E-state index in [-0.39, 0.29) is 24.3 Å². The van der Waals surface area contributed by atoms with Gasteiger partial charge < -0.3 is 20.9 Å². The predicted octanol–water partition coefficient (Wildman–Crippen LogP) is 2.10. The summed E-state index contributed by atoms with van der Waals surface area (Å²) in [6, 6.07) is 7.78. The summed E-state index contributed by atoms with van der Waals surface area (Å²) in [6.45, 7) is 5.15. The lowest BCUT2D eigenvalue weighted by atomic mass is 9.85. The van der Waals surface area contributed by atoms with E-state index in [1.54, 1.807) is 0 Å². The van der Waals surface area contributed by atoms with Gasteiger partial charge in [-0.15, -0.1) is 0 Å². The number of likely N-dealkylation sites (tertiary alicyclic amines) is 1. The molecule has 2 fully saturated rings. The first-order valence-electron chi connectivity index (χ1n) is 10.4. The molecule has 1 aromatic rings. The molecule has 1 saturated heterocycles. The Morgan fingerprint density at radius 3 is 2.61 bits per heavy atom. The monoisotopic (exact) mass is 385 g/mol. The highest BCUT2D eigenvalue weighted by molar-refractivity contribution is 5.93. The van der Waals surface area contributed by atoms with Crippen LogP contribution in [0.3, 0.4) is 0 Å². The number of hydrogen-bond acceptors (Lipinski definition) is 3. The van der Waals surface area contributed by atoms with Gasteiger partial charge in [-0.05, 0) is 50.3 Å². The second kappa shape index (κ2) is 10.1. The Bertz CT molecular complexity index is 709. The number of hydrogen-bond donors (Lipinski definition) is 3. The SMILES string of the molecule is CCNC(=NCc1cccc(NC(=O)C2CCC2)c1)NCC(=O)N1CCCC1. The van der Waals surface area contributed by atoms with E-state index in [4.69, 9.17) is 0 Å². The molecule has 28 heavy (non-hydrogen) atoms. The molecule has 152 valence electrons. The maximum atomic E-state index is 12.2. The fraction of sp³-hybridized carbons (Fsp3) is 0.571. The average Bonchev–Trinajstić information content (AvgIpc) is 3.17. The van der Waals surface area contributed by atoms with Crippen LogP contribution in [0.1, 0.15) is 44.6 Å². The van der Waals surface area contributed by atoms with Gasteiger partial charge in [0, 0.05) is 31.2 Å². The molecule has 0 unspecified atom stereocenters. The number of nitrogens with one attached hydrogen (secondary N) is 3. The molecule has 7 heteroatoms. The van der Waals surface area contributed by atoms with E-state index in [0.717, 1.165) is 63.0 Å². The molecule has 0 radical (unpaired) electrons. The first-order chi connectivity index (χ1) is 13.7. The number of anilines is 1. The van der Waals surface area contributed by atoms with Gasteiger partial charge in [-0.25, -0.2) is 4.99 Å². The molecule has 1 aliphatic carbocycles. The number of amides is 2. The first kappa shape index (κ1) is 20.2. The molecular formula is C21H31N5O2. The van der Waals surface area contributed by atoms with E-state index < -0.39 is 0 Å². The smallest absolute Gasteiger partial charge is 0.241 e. The second-order valence-electron chi connectivity index (χ2n) is 7.45. The summed E-state index contributed by atoms with van der Waals surface area (Å²) in [7, 11) is 0. The van der Waals surface area contributed by atoms with Crippen molar-refractivity contribution in [1.29, 1.82) is 0 Å². The zero-order valence-electron chi connectivity index (χ0n) is 16.7. The Kier molecular flexibility index (Phi) is 7.28. The van der Waals surface area contributed by atoms with Crippen LogP contribution in [0.4, 0.5) is 5.69 Å². The van der Waals surface area contributed by atoms with Crippen molar-refractivity contribution >= 4 is 23.5 Å². The van der Waals surface area contributed by atoms with E-state index >= 15 is 0 Å². The molecule has 0 bridgehead atoms. The summed E-state index contributed by atoms with van der Waals surface area (Å²) in [5.74, 6) is 1.02. The van der Waals surface area contributed by atoms with Gasteiger partial charge >= 0.3 is 0 Å². The highest BCUT2D eigenvalue weighted by Gasteiger charge is 2.25. The van der Waals surface area contributed by atoms with Crippen LogP contribution in [0.25, 0.3) is 0 Å². The van der Waals surface area contributed by atoms with Crippen molar-refractivity contribution in [3.8, 4) is 0 Å². The van der Waals surface area contributed by atoms with E-state index in [0.29, 0.717) is 12.5 Å². The summed E-state index contributed by atoms with van der Waals surface area (Å²) in [5, 5.41) is 9.30. The van der Waals surface area contributed by atoms with Crippen molar-refractivity contribution in [3.63, 3.8) is 0 Å². The number of carbonyl (C=O) groups is 2. The minimum absolute atomic E-state index is 0.113. The molecule has 0 spiro atoms. The fourth-order valence-corrected chi connectivity index (χ4v) is 3.41. The van der Waals surface area contributed by atoms with Crippen LogP contribution in [0, 0.1) is 5.92 Å². The minimum atomic E-state index is 0.113. The zero-order valence-corrected chi connectivity index (χ0v) is 16.7. The van der Waals surface area contributed by atoms with Gasteiger partial charge in [-0.2, -0.15) is 0 Å². The summed E-state index contributed by atoms with van der Waals surface area (Å²) in [6.07, 6.45) is 5.31. The molecule has 2 amide bonds. The normalized spacial score (nSPS) is 17.2. The van der Waals surface area contributed by atoms with Crippen molar-refractivity contribution in [2.24, 2.45) is 10.9 Å². The maximum Gasteiger partial charge on any atom is 0.241 e. The zero-order chi connectivity index (χ0) is 19.8. The standard InChI is InChI=1S/C21H31N5O2/c1-2-22-21(24-15-19(27)26-11-3-4-12-26)23-14-16-7-5-10-18(13-16)25-20(28)17-8-6-9-17/h5,7,10,13,17H,2-4,6,8-9,11-12,14-15H2,1H3,(H,25,28)(H2,22,23,24). The van der Waals surface area contributed by atoms with Gasteiger partial charge in [-0.3, -0.25) is 9.59 Å². The number of guanidine groups is 1. The Morgan fingerprint density at radius 1 is 1.14 bits per heavy atom. The van der Waals surface area contributed by atoms with E-state index in [2.05, 4.69) is 20.9 Å². The van der Waals surface area contributed by atoms with Crippen LogP contribution in [0.2, 0.25) is 0 Å². The Balaban J connectivity index is 1.53. The van der Waals surface area contributed by atoms with Crippen LogP contribution in [-0.4, -0.2) is 48.9 Å². The number of rotatable bonds is 7. The van der Waals surface area contributed by atoms with Gasteiger partial charge in [0.2, 0.25) is 11.8 Å². The van der Waals surface area contributed by atoms with Gasteiger partial charge in [0.15, 0.2) is 5.96 Å². The molecule has 7 nitrogen and oxygen atoms in total. The lowest BCUT2D eigenvalue weighted by Gasteiger charge is -2.24. The molecule has 1 heterocycles. The minimum Gasteiger partial charge on any atom is -0.357 e. The molecule has 1 saturated carbocycles. The van der Waals surface area contributed by atoms with Crippen LogP contribution in [-0.2, 0) is 16.1 Å². The summed E-state index contributed by atoms with van der Waals surface area (Å²) in [4.78, 5) is 30.8. The number of benzene rings is 1. The van der Waals surface area contributed by atoms with Gasteiger partial charge in [0.05, 0.1) is 13.1 Å². The summed E-state index contributed by atoms with van der Waals surface area (Å²) in [5.41, 5.74) is 1.82. The van der Waals surface area contributed by atoms with Crippen molar-refractivity contribution in [3.05, 3.63) is 29.8 Å². The lowest BCUT2D eigenvalue weighted by Crippen LogP contribution is -2.44. The van der Waals surface area contributed by atoms with Gasteiger partial charge in [0.25, 0.3) is 0 Å². The van der Waals surface area contributed by atoms with E-state index in [1.165, 1.54) is 0 Å². The average molecular weight is 386 g/mol. The van der Waals surface area contributed by atoms with Crippen LogP contribution < -0.4 is 16.0 Å². The molecular weight excluding hydrogens is 354 g/mol. The second-order valence-corrected chi connectivity index (χ2v) is 7.45. The molecule has 1 aliphatic heterocycles. The largest absolute Gasteiger partial charge is 0.357 e. The third kappa shape index (κ3) is 5.71. The quantitative estimate of drug-likeness (QED) is 0.496. The Labute approximate surface area is 167 Å². The van der Waals surface area contributed by atoms with Gasteiger partial charge in [0.1, 0.15) is 0 Å². The molecule has 0 atom stereocenters. The van der Waals surface area contributed by atoms with E-state index in [9.17, 15) is 9.59 Å². The number of aliphatic imine (C=N–C) groups is 1. The molecule has 2 aliphatic rings. The van der Waals surface area contributed by atoms with Crippen molar-refractivity contribution < 1.29 is 9.59 Å². The first-order valence-corrected chi connectivity index (χ1v) is 10.4.